The molecule has 0 aromatic heterocycles. The lowest BCUT2D eigenvalue weighted by molar-refractivity contribution is -0.0178. The van der Waals surface area contributed by atoms with Crippen LogP contribution in [0.15, 0.2) is 54.1 Å². The second kappa shape index (κ2) is 8.28. The highest BCUT2D eigenvalue weighted by atomic mass is 16.5. The molecule has 1 saturated carbocycles. The molecule has 2 atom stereocenters. The molecule has 0 aliphatic heterocycles. The molecule has 0 saturated heterocycles. The van der Waals surface area contributed by atoms with Crippen molar-refractivity contribution in [1.29, 1.82) is 0 Å². The molecule has 0 amide bonds. The highest BCUT2D eigenvalue weighted by Crippen LogP contribution is 2.47. The molecule has 0 radical (unpaired) electrons. The summed E-state index contributed by atoms with van der Waals surface area (Å²) in [5, 5.41) is 12.1. The third kappa shape index (κ3) is 4.10. The Kier molecular flexibility index (Phi) is 6.03. The Bertz CT molecular complexity index is 794. The van der Waals surface area contributed by atoms with Crippen LogP contribution < -0.4 is 4.74 Å². The lowest BCUT2D eigenvalue weighted by Crippen LogP contribution is -2.45. The van der Waals surface area contributed by atoms with E-state index in [9.17, 15) is 5.11 Å². The summed E-state index contributed by atoms with van der Waals surface area (Å²) in [6, 6.07) is 16.3. The molecule has 2 unspecified atom stereocenters. The van der Waals surface area contributed by atoms with E-state index in [1.807, 2.05) is 24.3 Å². The van der Waals surface area contributed by atoms with E-state index in [4.69, 9.17) is 4.74 Å². The number of hydrogen-bond acceptors (Lipinski definition) is 3. The van der Waals surface area contributed by atoms with E-state index in [1.165, 1.54) is 0 Å². The van der Waals surface area contributed by atoms with E-state index >= 15 is 0 Å². The molecule has 3 rings (SSSR count). The van der Waals surface area contributed by atoms with Crippen LogP contribution in [-0.4, -0.2) is 37.8 Å². The van der Waals surface area contributed by atoms with Crippen LogP contribution in [0.2, 0.25) is 0 Å². The van der Waals surface area contributed by atoms with Crippen molar-refractivity contribution >= 4 is 6.08 Å². The van der Waals surface area contributed by atoms with Gasteiger partial charge in [-0.3, -0.25) is 0 Å². The molecule has 2 aromatic carbocycles. The van der Waals surface area contributed by atoms with Gasteiger partial charge in [-0.1, -0.05) is 42.5 Å². The molecule has 1 aliphatic rings. The molecule has 1 fully saturated rings. The maximum atomic E-state index is 12.1. The van der Waals surface area contributed by atoms with Gasteiger partial charge >= 0.3 is 0 Å². The van der Waals surface area contributed by atoms with Crippen molar-refractivity contribution in [3.05, 3.63) is 70.8 Å². The number of aliphatic hydroxyl groups is 1. The van der Waals surface area contributed by atoms with Crippen LogP contribution in [0.3, 0.4) is 0 Å². The van der Waals surface area contributed by atoms with Crippen molar-refractivity contribution in [3.63, 3.8) is 0 Å². The average molecular weight is 366 g/mol. The average Bonchev–Trinajstić information content (AvgIpc) is 2.65. The van der Waals surface area contributed by atoms with E-state index in [0.29, 0.717) is 0 Å². The van der Waals surface area contributed by atoms with Crippen LogP contribution >= 0.6 is 0 Å². The Balaban J connectivity index is 2.09. The van der Waals surface area contributed by atoms with Crippen molar-refractivity contribution in [2.75, 3.05) is 27.7 Å². The summed E-state index contributed by atoms with van der Waals surface area (Å²) in [5.74, 6) is 1.02. The van der Waals surface area contributed by atoms with E-state index < -0.39 is 5.60 Å². The van der Waals surface area contributed by atoms with Crippen molar-refractivity contribution in [3.8, 4) is 5.75 Å². The van der Waals surface area contributed by atoms with Gasteiger partial charge in [-0.05, 0) is 74.7 Å². The molecule has 27 heavy (non-hydrogen) atoms. The van der Waals surface area contributed by atoms with Crippen LogP contribution in [0.25, 0.3) is 6.08 Å². The molecule has 1 N–H and O–H groups in total. The fourth-order valence-electron chi connectivity index (χ4n) is 4.34. The fourth-order valence-corrected chi connectivity index (χ4v) is 4.34. The Hall–Kier alpha value is -2.10. The standard InChI is InChI=1S/C24H31NO2/c1-18-8-5-6-11-23(18)24(26)20(9-7-10-21(24)17-25(2)3)16-19-12-14-22(27-4)15-13-19/h5-6,8,11-16,21,26H,7,9-10,17H2,1-4H3/b20-16+. The Morgan fingerprint density at radius 2 is 1.85 bits per heavy atom. The Morgan fingerprint density at radius 1 is 1.15 bits per heavy atom. The van der Waals surface area contributed by atoms with Gasteiger partial charge in [0.25, 0.3) is 0 Å². The first-order valence-electron chi connectivity index (χ1n) is 9.73. The number of rotatable bonds is 5. The topological polar surface area (TPSA) is 32.7 Å². The van der Waals surface area contributed by atoms with Crippen LogP contribution in [0, 0.1) is 12.8 Å². The Labute approximate surface area is 163 Å². The summed E-state index contributed by atoms with van der Waals surface area (Å²) in [5.41, 5.74) is 3.46. The molecule has 0 heterocycles. The molecule has 0 bridgehead atoms. The summed E-state index contributed by atoms with van der Waals surface area (Å²) in [6.07, 6.45) is 5.23. The van der Waals surface area contributed by atoms with Crippen molar-refractivity contribution in [1.82, 2.24) is 4.90 Å². The molecule has 144 valence electrons. The molecule has 0 spiro atoms. The number of benzene rings is 2. The minimum Gasteiger partial charge on any atom is -0.497 e. The summed E-state index contributed by atoms with van der Waals surface area (Å²) in [4.78, 5) is 2.18. The summed E-state index contributed by atoms with van der Waals surface area (Å²) >= 11 is 0. The summed E-state index contributed by atoms with van der Waals surface area (Å²) < 4.78 is 5.27. The fraction of sp³-hybridized carbons (Fsp3) is 0.417. The summed E-state index contributed by atoms with van der Waals surface area (Å²) in [7, 11) is 5.84. The monoisotopic (exact) mass is 365 g/mol. The Morgan fingerprint density at radius 3 is 2.48 bits per heavy atom. The zero-order chi connectivity index (χ0) is 19.4. The number of ether oxygens (including phenoxy) is 1. The van der Waals surface area contributed by atoms with Gasteiger partial charge in [0.2, 0.25) is 0 Å². The first-order valence-corrected chi connectivity index (χ1v) is 9.73. The molecule has 3 heteroatoms. The maximum Gasteiger partial charge on any atom is 0.118 e. The summed E-state index contributed by atoms with van der Waals surface area (Å²) in [6.45, 7) is 2.96. The number of methoxy groups -OCH3 is 1. The molecule has 2 aromatic rings. The predicted octanol–water partition coefficient (Wildman–Crippen LogP) is 4.64. The number of nitrogens with zero attached hydrogens (tertiary/aromatic N) is 1. The van der Waals surface area contributed by atoms with Gasteiger partial charge in [0.05, 0.1) is 7.11 Å². The number of aryl methyl sites for hydroxylation is 1. The van der Waals surface area contributed by atoms with E-state index in [-0.39, 0.29) is 5.92 Å². The van der Waals surface area contributed by atoms with Gasteiger partial charge in [0.15, 0.2) is 0 Å². The third-order valence-corrected chi connectivity index (χ3v) is 5.68. The lowest BCUT2D eigenvalue weighted by Gasteiger charge is -2.44. The third-order valence-electron chi connectivity index (χ3n) is 5.68. The quantitative estimate of drug-likeness (QED) is 0.838. The van der Waals surface area contributed by atoms with E-state index in [2.05, 4.69) is 56.3 Å². The van der Waals surface area contributed by atoms with Crippen LogP contribution in [0.4, 0.5) is 0 Å². The first-order chi connectivity index (χ1) is 12.9. The SMILES string of the molecule is COc1ccc(/C=C2\CCCC(CN(C)C)C2(O)c2ccccc2C)cc1. The van der Waals surface area contributed by atoms with E-state index in [0.717, 1.165) is 53.8 Å². The van der Waals surface area contributed by atoms with Crippen molar-refractivity contribution in [2.45, 2.75) is 31.8 Å². The van der Waals surface area contributed by atoms with Gasteiger partial charge in [-0.2, -0.15) is 0 Å². The molecule has 1 aliphatic carbocycles. The first kappa shape index (κ1) is 19.7. The minimum atomic E-state index is -0.937. The predicted molar refractivity (Wildman–Crippen MR) is 112 cm³/mol. The zero-order valence-corrected chi connectivity index (χ0v) is 16.9. The van der Waals surface area contributed by atoms with Crippen molar-refractivity contribution in [2.24, 2.45) is 5.92 Å². The smallest absolute Gasteiger partial charge is 0.118 e. The molecular weight excluding hydrogens is 334 g/mol. The van der Waals surface area contributed by atoms with Gasteiger partial charge < -0.3 is 14.7 Å². The van der Waals surface area contributed by atoms with Crippen LogP contribution in [0.1, 0.15) is 36.0 Å². The zero-order valence-electron chi connectivity index (χ0n) is 16.9. The van der Waals surface area contributed by atoms with Gasteiger partial charge in [0, 0.05) is 12.5 Å². The second-order valence-electron chi connectivity index (χ2n) is 7.88. The van der Waals surface area contributed by atoms with Gasteiger partial charge in [0.1, 0.15) is 11.4 Å². The maximum absolute atomic E-state index is 12.1. The normalized spacial score (nSPS) is 24.4. The highest BCUT2D eigenvalue weighted by molar-refractivity contribution is 5.58. The minimum absolute atomic E-state index is 0.173. The number of hydrogen-bond donors (Lipinski definition) is 1. The largest absolute Gasteiger partial charge is 0.497 e. The second-order valence-corrected chi connectivity index (χ2v) is 7.88. The van der Waals surface area contributed by atoms with Gasteiger partial charge in [-0.25, -0.2) is 0 Å². The van der Waals surface area contributed by atoms with Crippen molar-refractivity contribution < 1.29 is 9.84 Å². The molecular formula is C24H31NO2. The molecule has 3 nitrogen and oxygen atoms in total. The lowest BCUT2D eigenvalue weighted by atomic mass is 9.67. The van der Waals surface area contributed by atoms with Gasteiger partial charge in [-0.15, -0.1) is 0 Å². The van der Waals surface area contributed by atoms with Crippen LogP contribution in [0.5, 0.6) is 5.75 Å². The van der Waals surface area contributed by atoms with E-state index in [1.54, 1.807) is 7.11 Å². The highest BCUT2D eigenvalue weighted by Gasteiger charge is 2.44. The van der Waals surface area contributed by atoms with Crippen LogP contribution in [-0.2, 0) is 5.60 Å².